The molecule has 0 bridgehead atoms. The summed E-state index contributed by atoms with van der Waals surface area (Å²) < 4.78 is 1.16. The zero-order chi connectivity index (χ0) is 19.1. The summed E-state index contributed by atoms with van der Waals surface area (Å²) in [6.07, 6.45) is 2.88. The maximum atomic E-state index is 13.0. The second-order valence-electron chi connectivity index (χ2n) is 7.08. The minimum Gasteiger partial charge on any atom is -0.508 e. The molecule has 140 valence electrons. The van der Waals surface area contributed by atoms with E-state index in [1.165, 1.54) is 28.3 Å². The Labute approximate surface area is 159 Å². The Balaban J connectivity index is 1.66. The maximum absolute atomic E-state index is 13.0. The van der Waals surface area contributed by atoms with Gasteiger partial charge < -0.3 is 10.4 Å². The van der Waals surface area contributed by atoms with Crippen molar-refractivity contribution in [1.82, 2.24) is 15.0 Å². The van der Waals surface area contributed by atoms with Crippen molar-refractivity contribution in [2.24, 2.45) is 5.92 Å². The fourth-order valence-corrected chi connectivity index (χ4v) is 4.75. The van der Waals surface area contributed by atoms with Crippen LogP contribution in [-0.4, -0.2) is 26.0 Å². The lowest BCUT2D eigenvalue weighted by Crippen LogP contribution is -2.34. The van der Waals surface area contributed by atoms with Crippen LogP contribution in [0.1, 0.15) is 36.8 Å². The van der Waals surface area contributed by atoms with Crippen LogP contribution < -0.4 is 10.9 Å². The van der Waals surface area contributed by atoms with Crippen molar-refractivity contribution in [2.75, 3.05) is 5.32 Å². The van der Waals surface area contributed by atoms with E-state index in [9.17, 15) is 14.7 Å². The van der Waals surface area contributed by atoms with Crippen LogP contribution in [0.3, 0.4) is 0 Å². The van der Waals surface area contributed by atoms with E-state index < -0.39 is 6.04 Å². The number of nitrogens with one attached hydrogen (secondary N) is 1. The summed E-state index contributed by atoms with van der Waals surface area (Å²) in [5.41, 5.74) is 1.35. The lowest BCUT2D eigenvalue weighted by molar-refractivity contribution is -0.119. The lowest BCUT2D eigenvalue weighted by Gasteiger charge is -2.17. The van der Waals surface area contributed by atoms with Gasteiger partial charge in [0.15, 0.2) is 4.83 Å². The normalized spacial score (nSPS) is 17.5. The van der Waals surface area contributed by atoms with Gasteiger partial charge in [0, 0.05) is 10.6 Å². The van der Waals surface area contributed by atoms with Gasteiger partial charge in [-0.3, -0.25) is 9.59 Å². The molecule has 0 aliphatic heterocycles. The highest BCUT2D eigenvalue weighted by molar-refractivity contribution is 7.18. The molecule has 0 fully saturated rings. The molecule has 27 heavy (non-hydrogen) atoms. The van der Waals surface area contributed by atoms with Crippen LogP contribution >= 0.6 is 11.3 Å². The van der Waals surface area contributed by atoms with E-state index in [0.29, 0.717) is 21.8 Å². The van der Waals surface area contributed by atoms with E-state index in [2.05, 4.69) is 22.6 Å². The predicted octanol–water partition coefficient (Wildman–Crippen LogP) is 2.88. The Morgan fingerprint density at radius 3 is 2.85 bits per heavy atom. The topological polar surface area (TPSA) is 97.1 Å². The van der Waals surface area contributed by atoms with Crippen molar-refractivity contribution >= 4 is 33.1 Å². The summed E-state index contributed by atoms with van der Waals surface area (Å²) in [4.78, 5) is 27.5. The monoisotopic (exact) mass is 384 g/mol. The minimum absolute atomic E-state index is 0.116. The van der Waals surface area contributed by atoms with Crippen LogP contribution in [-0.2, 0) is 17.6 Å². The van der Waals surface area contributed by atoms with Gasteiger partial charge in [-0.1, -0.05) is 12.1 Å². The van der Waals surface area contributed by atoms with Crippen molar-refractivity contribution in [3.05, 3.63) is 45.1 Å². The Bertz CT molecular complexity index is 1070. The number of phenols is 1. The molecule has 2 atom stereocenters. The molecule has 0 spiro atoms. The summed E-state index contributed by atoms with van der Waals surface area (Å²) in [6, 6.07) is 5.34. The van der Waals surface area contributed by atoms with Gasteiger partial charge in [0.25, 0.3) is 5.56 Å². The van der Waals surface area contributed by atoms with Gasteiger partial charge in [-0.05, 0) is 61.9 Å². The van der Waals surface area contributed by atoms with Crippen molar-refractivity contribution in [3.8, 4) is 5.75 Å². The number of anilines is 1. The van der Waals surface area contributed by atoms with Gasteiger partial charge >= 0.3 is 0 Å². The highest BCUT2D eigenvalue weighted by atomic mass is 32.1. The van der Waals surface area contributed by atoms with Gasteiger partial charge in [0.05, 0.1) is 5.39 Å². The lowest BCUT2D eigenvalue weighted by atomic mass is 9.89. The predicted molar refractivity (Wildman–Crippen MR) is 104 cm³/mol. The third kappa shape index (κ3) is 3.21. The SMILES string of the molecule is CC1CCc2c(sc3nnn(C(C)C(=O)Nc4ccc(O)cc4)c(=O)c23)C1. The number of thiophene rings is 1. The van der Waals surface area contributed by atoms with Gasteiger partial charge in [-0.25, -0.2) is 0 Å². The molecule has 1 aliphatic carbocycles. The van der Waals surface area contributed by atoms with Crippen LogP contribution in [0.25, 0.3) is 10.2 Å². The van der Waals surface area contributed by atoms with E-state index in [4.69, 9.17) is 0 Å². The summed E-state index contributed by atoms with van der Waals surface area (Å²) in [7, 11) is 0. The van der Waals surface area contributed by atoms with Gasteiger partial charge in [-0.2, -0.15) is 4.68 Å². The number of phenolic OH excluding ortho intramolecular Hbond substituents is 1. The number of fused-ring (bicyclic) bond motifs is 3. The molecule has 2 unspecified atom stereocenters. The van der Waals surface area contributed by atoms with Crippen LogP contribution in [0.15, 0.2) is 29.1 Å². The molecular weight excluding hydrogens is 364 g/mol. The first kappa shape index (κ1) is 17.7. The number of carbonyl (C=O) groups excluding carboxylic acids is 1. The summed E-state index contributed by atoms with van der Waals surface area (Å²) in [5, 5.41) is 20.9. The quantitative estimate of drug-likeness (QED) is 0.677. The third-order valence-corrected chi connectivity index (χ3v) is 6.17. The fraction of sp³-hybridized carbons (Fsp3) is 0.368. The van der Waals surface area contributed by atoms with E-state index >= 15 is 0 Å². The molecule has 1 aromatic carbocycles. The summed E-state index contributed by atoms with van der Waals surface area (Å²) in [5.74, 6) is 0.357. The summed E-state index contributed by atoms with van der Waals surface area (Å²) in [6.45, 7) is 3.84. The first-order chi connectivity index (χ1) is 12.9. The molecule has 0 radical (unpaired) electrons. The smallest absolute Gasteiger partial charge is 0.279 e. The Kier molecular flexibility index (Phi) is 4.43. The third-order valence-electron chi connectivity index (χ3n) is 5.03. The number of aromatic hydroxyl groups is 1. The average molecular weight is 384 g/mol. The molecule has 1 aliphatic rings. The number of nitrogens with zero attached hydrogens (tertiary/aromatic N) is 3. The molecule has 3 aromatic rings. The molecule has 8 heteroatoms. The number of aromatic nitrogens is 3. The Hall–Kier alpha value is -2.74. The Morgan fingerprint density at radius 2 is 2.11 bits per heavy atom. The Morgan fingerprint density at radius 1 is 1.37 bits per heavy atom. The van der Waals surface area contributed by atoms with Crippen LogP contribution in [0, 0.1) is 5.92 Å². The average Bonchev–Trinajstić information content (AvgIpc) is 3.01. The number of rotatable bonds is 3. The zero-order valence-corrected chi connectivity index (χ0v) is 15.9. The van der Waals surface area contributed by atoms with Crippen LogP contribution in [0.5, 0.6) is 5.75 Å². The molecule has 2 aromatic heterocycles. The molecule has 2 N–H and O–H groups in total. The van der Waals surface area contributed by atoms with Gasteiger partial charge in [0.2, 0.25) is 5.91 Å². The molecule has 4 rings (SSSR count). The number of benzene rings is 1. The standard InChI is InChI=1S/C19H20N4O3S/c1-10-3-8-14-15(9-10)27-18-16(14)19(26)23(22-21-18)11(2)17(25)20-12-4-6-13(24)7-5-12/h4-7,10-11,24H,3,8-9H2,1-2H3,(H,20,25). The number of aryl methyl sites for hydroxylation is 1. The van der Waals surface area contributed by atoms with Crippen LogP contribution in [0.4, 0.5) is 5.69 Å². The van der Waals surface area contributed by atoms with E-state index in [-0.39, 0.29) is 17.2 Å². The van der Waals surface area contributed by atoms with Crippen molar-refractivity contribution in [1.29, 1.82) is 0 Å². The first-order valence-electron chi connectivity index (χ1n) is 8.93. The second-order valence-corrected chi connectivity index (χ2v) is 8.17. The zero-order valence-electron chi connectivity index (χ0n) is 15.1. The van der Waals surface area contributed by atoms with Gasteiger partial charge in [-0.15, -0.1) is 16.4 Å². The molecule has 1 amide bonds. The van der Waals surface area contributed by atoms with E-state index in [0.717, 1.165) is 29.5 Å². The van der Waals surface area contributed by atoms with Crippen molar-refractivity contribution in [2.45, 2.75) is 39.2 Å². The van der Waals surface area contributed by atoms with Crippen LogP contribution in [0.2, 0.25) is 0 Å². The number of hydrogen-bond donors (Lipinski definition) is 2. The highest BCUT2D eigenvalue weighted by Crippen LogP contribution is 2.35. The van der Waals surface area contributed by atoms with Crippen molar-refractivity contribution < 1.29 is 9.90 Å². The number of hydrogen-bond acceptors (Lipinski definition) is 6. The molecule has 0 saturated carbocycles. The summed E-state index contributed by atoms with van der Waals surface area (Å²) >= 11 is 1.54. The molecular formula is C19H20N4O3S. The largest absolute Gasteiger partial charge is 0.508 e. The molecule has 7 nitrogen and oxygen atoms in total. The molecule has 2 heterocycles. The van der Waals surface area contributed by atoms with E-state index in [1.807, 2.05) is 0 Å². The number of amides is 1. The second kappa shape index (κ2) is 6.77. The minimum atomic E-state index is -0.804. The maximum Gasteiger partial charge on any atom is 0.279 e. The fourth-order valence-electron chi connectivity index (χ4n) is 3.43. The molecule has 0 saturated heterocycles. The first-order valence-corrected chi connectivity index (χ1v) is 9.75. The van der Waals surface area contributed by atoms with E-state index in [1.54, 1.807) is 19.1 Å². The van der Waals surface area contributed by atoms with Crippen molar-refractivity contribution in [3.63, 3.8) is 0 Å². The highest BCUT2D eigenvalue weighted by Gasteiger charge is 2.26. The van der Waals surface area contributed by atoms with Gasteiger partial charge in [0.1, 0.15) is 11.8 Å². The number of carbonyl (C=O) groups is 1.